The van der Waals surface area contributed by atoms with E-state index in [1.807, 2.05) is 23.1 Å². The second-order valence-electron chi connectivity index (χ2n) is 10.3. The molecule has 9 heteroatoms. The lowest BCUT2D eigenvalue weighted by atomic mass is 9.96. The minimum Gasteiger partial charge on any atom is -0.395 e. The van der Waals surface area contributed by atoms with Gasteiger partial charge in [0.1, 0.15) is 0 Å². The lowest BCUT2D eigenvalue weighted by Crippen LogP contribution is -2.51. The highest BCUT2D eigenvalue weighted by atomic mass is 19.4. The highest BCUT2D eigenvalue weighted by Gasteiger charge is 2.33. The number of likely N-dealkylation sites (tertiary alicyclic amines) is 1. The molecular weight excluding hydrogens is 469 g/mol. The van der Waals surface area contributed by atoms with Gasteiger partial charge in [-0.3, -0.25) is 19.6 Å². The Morgan fingerprint density at radius 2 is 1.89 bits per heavy atom. The molecule has 1 aromatic heterocycles. The summed E-state index contributed by atoms with van der Waals surface area (Å²) >= 11 is 0. The molecule has 2 heterocycles. The van der Waals surface area contributed by atoms with Crippen LogP contribution in [0.3, 0.4) is 0 Å². The van der Waals surface area contributed by atoms with Gasteiger partial charge in [0.05, 0.1) is 18.7 Å². The summed E-state index contributed by atoms with van der Waals surface area (Å²) in [7, 11) is 0. The smallest absolute Gasteiger partial charge is 0.390 e. The summed E-state index contributed by atoms with van der Waals surface area (Å²) in [5.41, 5.74) is 2.82. The number of rotatable bonds is 9. The minimum atomic E-state index is -4.19. The summed E-state index contributed by atoms with van der Waals surface area (Å²) in [6.07, 6.45) is -1.64. The van der Waals surface area contributed by atoms with Crippen molar-refractivity contribution in [2.45, 2.75) is 64.3 Å². The van der Waals surface area contributed by atoms with Crippen molar-refractivity contribution in [1.82, 2.24) is 20.1 Å². The molecule has 2 aromatic rings. The van der Waals surface area contributed by atoms with Gasteiger partial charge in [-0.15, -0.1) is 0 Å². The van der Waals surface area contributed by atoms with Gasteiger partial charge in [0, 0.05) is 61.6 Å². The second-order valence-corrected chi connectivity index (χ2v) is 10.3. The van der Waals surface area contributed by atoms with Crippen LogP contribution in [0.25, 0.3) is 11.3 Å². The van der Waals surface area contributed by atoms with Gasteiger partial charge in [-0.05, 0) is 57.4 Å². The molecule has 0 spiro atoms. The third-order valence-electron chi connectivity index (χ3n) is 6.64. The van der Waals surface area contributed by atoms with Crippen molar-refractivity contribution in [3.63, 3.8) is 0 Å². The van der Waals surface area contributed by atoms with Crippen molar-refractivity contribution in [2.24, 2.45) is 0 Å². The first-order valence-electron chi connectivity index (χ1n) is 12.5. The predicted molar refractivity (Wildman–Crippen MR) is 135 cm³/mol. The van der Waals surface area contributed by atoms with E-state index in [2.05, 4.69) is 36.0 Å². The van der Waals surface area contributed by atoms with Crippen molar-refractivity contribution in [3.05, 3.63) is 53.7 Å². The standard InChI is InChI=1S/C27H37F3N4O2/c1-26(2,3)34-13-9-23(10-14-34)33(15-11-27(28,29)30)19-20-7-8-24(32-18-20)21-5-4-6-22(17-21)25(36)31-12-16-35/h4-8,17-18,23,35H,9-16,19H2,1-3H3,(H,31,36). The molecule has 1 saturated heterocycles. The molecule has 0 aliphatic carbocycles. The van der Waals surface area contributed by atoms with Crippen LogP contribution >= 0.6 is 0 Å². The predicted octanol–water partition coefficient (Wildman–Crippen LogP) is 4.49. The quantitative estimate of drug-likeness (QED) is 0.525. The zero-order chi connectivity index (χ0) is 26.3. The Labute approximate surface area is 211 Å². The average molecular weight is 507 g/mol. The van der Waals surface area contributed by atoms with Gasteiger partial charge in [-0.1, -0.05) is 18.2 Å². The molecule has 0 bridgehead atoms. The normalized spacial score (nSPS) is 15.9. The van der Waals surface area contributed by atoms with Crippen LogP contribution in [0.15, 0.2) is 42.6 Å². The van der Waals surface area contributed by atoms with Gasteiger partial charge in [0.2, 0.25) is 0 Å². The Morgan fingerprint density at radius 3 is 2.47 bits per heavy atom. The fraction of sp³-hybridized carbons (Fsp3) is 0.556. The van der Waals surface area contributed by atoms with Gasteiger partial charge >= 0.3 is 6.18 Å². The number of benzene rings is 1. The number of carbonyl (C=O) groups is 1. The maximum absolute atomic E-state index is 13.1. The zero-order valence-corrected chi connectivity index (χ0v) is 21.3. The molecule has 0 radical (unpaired) electrons. The first-order valence-corrected chi connectivity index (χ1v) is 12.5. The molecule has 2 N–H and O–H groups in total. The number of halogens is 3. The molecule has 1 amide bonds. The van der Waals surface area contributed by atoms with Gasteiger partial charge < -0.3 is 10.4 Å². The number of pyridine rings is 1. The number of alkyl halides is 3. The van der Waals surface area contributed by atoms with Crippen molar-refractivity contribution in [2.75, 3.05) is 32.8 Å². The summed E-state index contributed by atoms with van der Waals surface area (Å²) in [6.45, 7) is 8.66. The van der Waals surface area contributed by atoms with Crippen LogP contribution in [-0.2, 0) is 6.54 Å². The molecule has 0 saturated carbocycles. The Hall–Kier alpha value is -2.49. The summed E-state index contributed by atoms with van der Waals surface area (Å²) in [5.74, 6) is -0.277. The van der Waals surface area contributed by atoms with E-state index in [9.17, 15) is 18.0 Å². The number of aliphatic hydroxyl groups excluding tert-OH is 1. The number of hydrogen-bond donors (Lipinski definition) is 2. The first kappa shape index (κ1) is 28.1. The van der Waals surface area contributed by atoms with Crippen molar-refractivity contribution < 1.29 is 23.1 Å². The van der Waals surface area contributed by atoms with Crippen LogP contribution in [0, 0.1) is 0 Å². The topological polar surface area (TPSA) is 68.7 Å². The Morgan fingerprint density at radius 1 is 1.17 bits per heavy atom. The third kappa shape index (κ3) is 8.28. The maximum Gasteiger partial charge on any atom is 0.390 e. The van der Waals surface area contributed by atoms with Gasteiger partial charge in [0.25, 0.3) is 5.91 Å². The maximum atomic E-state index is 13.1. The lowest BCUT2D eigenvalue weighted by molar-refractivity contribution is -0.140. The van der Waals surface area contributed by atoms with Gasteiger partial charge in [-0.2, -0.15) is 13.2 Å². The monoisotopic (exact) mass is 506 g/mol. The molecule has 1 aliphatic heterocycles. The summed E-state index contributed by atoms with van der Waals surface area (Å²) in [5, 5.41) is 11.5. The zero-order valence-electron chi connectivity index (χ0n) is 21.3. The second kappa shape index (κ2) is 12.2. The van der Waals surface area contributed by atoms with Crippen LogP contribution in [0.4, 0.5) is 13.2 Å². The van der Waals surface area contributed by atoms with E-state index in [-0.39, 0.29) is 37.2 Å². The van der Waals surface area contributed by atoms with Crippen LogP contribution in [-0.4, -0.2) is 76.3 Å². The molecule has 198 valence electrons. The Bertz CT molecular complexity index is 982. The molecule has 0 unspecified atom stereocenters. The third-order valence-corrected chi connectivity index (χ3v) is 6.64. The van der Waals surface area contributed by atoms with Crippen LogP contribution in [0.1, 0.15) is 56.0 Å². The number of carbonyl (C=O) groups excluding carboxylic acids is 1. The van der Waals surface area contributed by atoms with E-state index in [1.165, 1.54) is 0 Å². The van der Waals surface area contributed by atoms with E-state index in [4.69, 9.17) is 5.11 Å². The highest BCUT2D eigenvalue weighted by Crippen LogP contribution is 2.27. The van der Waals surface area contributed by atoms with E-state index in [0.29, 0.717) is 17.8 Å². The van der Waals surface area contributed by atoms with Crippen molar-refractivity contribution in [3.8, 4) is 11.3 Å². The average Bonchev–Trinajstić information content (AvgIpc) is 2.84. The first-order chi connectivity index (χ1) is 17.0. The molecule has 36 heavy (non-hydrogen) atoms. The Kier molecular flexibility index (Phi) is 9.49. The number of amides is 1. The molecule has 6 nitrogen and oxygen atoms in total. The highest BCUT2D eigenvalue weighted by molar-refractivity contribution is 5.95. The number of aliphatic hydroxyl groups is 1. The summed E-state index contributed by atoms with van der Waals surface area (Å²) in [6, 6.07) is 10.9. The molecule has 0 atom stereocenters. The molecule has 1 fully saturated rings. The summed E-state index contributed by atoms with van der Waals surface area (Å²) < 4.78 is 39.2. The SMILES string of the molecule is CC(C)(C)N1CCC(N(CCC(F)(F)F)Cc2ccc(-c3cccc(C(=O)NCCO)c3)nc2)CC1. The van der Waals surface area contributed by atoms with E-state index in [0.717, 1.165) is 37.1 Å². The van der Waals surface area contributed by atoms with Crippen LogP contribution < -0.4 is 5.32 Å². The number of nitrogens with zero attached hydrogens (tertiary/aromatic N) is 3. The molecule has 3 rings (SSSR count). The largest absolute Gasteiger partial charge is 0.395 e. The molecule has 1 aliphatic rings. The molecule has 1 aromatic carbocycles. The van der Waals surface area contributed by atoms with Crippen molar-refractivity contribution in [1.29, 1.82) is 0 Å². The van der Waals surface area contributed by atoms with Crippen LogP contribution in [0.2, 0.25) is 0 Å². The molecular formula is C27H37F3N4O2. The van der Waals surface area contributed by atoms with Crippen molar-refractivity contribution >= 4 is 5.91 Å². The Balaban J connectivity index is 1.70. The van der Waals surface area contributed by atoms with Gasteiger partial charge in [-0.25, -0.2) is 0 Å². The van der Waals surface area contributed by atoms with E-state index in [1.54, 1.807) is 24.4 Å². The fourth-order valence-electron chi connectivity index (χ4n) is 4.58. The number of aromatic nitrogens is 1. The summed E-state index contributed by atoms with van der Waals surface area (Å²) in [4.78, 5) is 21.1. The van der Waals surface area contributed by atoms with E-state index < -0.39 is 12.6 Å². The van der Waals surface area contributed by atoms with E-state index >= 15 is 0 Å². The number of nitrogens with one attached hydrogen (secondary N) is 1. The minimum absolute atomic E-state index is 0.0313. The fourth-order valence-corrected chi connectivity index (χ4v) is 4.58. The van der Waals surface area contributed by atoms with Gasteiger partial charge in [0.15, 0.2) is 0 Å². The number of hydrogen-bond acceptors (Lipinski definition) is 5. The number of piperidine rings is 1. The lowest BCUT2D eigenvalue weighted by Gasteiger charge is -2.44. The van der Waals surface area contributed by atoms with Crippen LogP contribution in [0.5, 0.6) is 0 Å².